The predicted octanol–water partition coefficient (Wildman–Crippen LogP) is 0.314. The van der Waals surface area contributed by atoms with Crippen LogP contribution < -0.4 is 15.4 Å². The minimum Gasteiger partial charge on any atom is -0.496 e. The van der Waals surface area contributed by atoms with Crippen LogP contribution in [0.5, 0.6) is 5.75 Å². The van der Waals surface area contributed by atoms with Gasteiger partial charge in [0.25, 0.3) is 5.91 Å². The van der Waals surface area contributed by atoms with Crippen molar-refractivity contribution < 1.29 is 14.6 Å². The third kappa shape index (κ3) is 3.24. The van der Waals surface area contributed by atoms with Gasteiger partial charge in [-0.1, -0.05) is 6.07 Å². The van der Waals surface area contributed by atoms with Crippen LogP contribution >= 0.6 is 0 Å². The summed E-state index contributed by atoms with van der Waals surface area (Å²) >= 11 is 0. The summed E-state index contributed by atoms with van der Waals surface area (Å²) in [6.07, 6.45) is -0.382. The normalized spacial score (nSPS) is 22.3. The molecule has 0 saturated carbocycles. The number of hydrogen-bond acceptors (Lipinski definition) is 4. The Morgan fingerprint density at radius 2 is 2.32 bits per heavy atom. The van der Waals surface area contributed by atoms with Crippen LogP contribution in [0.4, 0.5) is 0 Å². The lowest BCUT2D eigenvalue weighted by atomic mass is 10.1. The minimum absolute atomic E-state index is 0.0799. The van der Waals surface area contributed by atoms with Gasteiger partial charge in [0.05, 0.1) is 13.2 Å². The molecule has 1 aliphatic heterocycles. The number of aliphatic hydroxyl groups excluding tert-OH is 1. The zero-order valence-corrected chi connectivity index (χ0v) is 11.3. The smallest absolute Gasteiger partial charge is 0.251 e. The molecule has 104 valence electrons. The number of carbonyl (C=O) groups excluding carboxylic acids is 1. The average Bonchev–Trinajstić information content (AvgIpc) is 2.82. The SMILES string of the molecule is COc1cc(C(=O)NCC2CNCC2O)ccc1C. The highest BCUT2D eigenvalue weighted by molar-refractivity contribution is 5.94. The molecule has 0 radical (unpaired) electrons. The molecule has 2 rings (SSSR count). The third-order valence-corrected chi connectivity index (χ3v) is 3.50. The monoisotopic (exact) mass is 264 g/mol. The topological polar surface area (TPSA) is 70.6 Å². The molecule has 0 aliphatic carbocycles. The van der Waals surface area contributed by atoms with E-state index in [2.05, 4.69) is 10.6 Å². The van der Waals surface area contributed by atoms with Crippen molar-refractivity contribution in [3.05, 3.63) is 29.3 Å². The molecule has 5 nitrogen and oxygen atoms in total. The first kappa shape index (κ1) is 13.8. The summed E-state index contributed by atoms with van der Waals surface area (Å²) in [6, 6.07) is 5.37. The van der Waals surface area contributed by atoms with Gasteiger partial charge in [-0.25, -0.2) is 0 Å². The lowest BCUT2D eigenvalue weighted by molar-refractivity contribution is 0.0926. The summed E-state index contributed by atoms with van der Waals surface area (Å²) in [5.74, 6) is 0.643. The van der Waals surface area contributed by atoms with Crippen molar-refractivity contribution >= 4 is 5.91 Å². The van der Waals surface area contributed by atoms with Crippen LogP contribution in [0.25, 0.3) is 0 Å². The number of rotatable bonds is 4. The molecule has 1 heterocycles. The van der Waals surface area contributed by atoms with Crippen LogP contribution in [-0.2, 0) is 0 Å². The maximum Gasteiger partial charge on any atom is 0.251 e. The summed E-state index contributed by atoms with van der Waals surface area (Å²) in [7, 11) is 1.59. The van der Waals surface area contributed by atoms with E-state index in [0.717, 1.165) is 12.1 Å². The predicted molar refractivity (Wildman–Crippen MR) is 72.4 cm³/mol. The second-order valence-electron chi connectivity index (χ2n) is 4.88. The summed E-state index contributed by atoms with van der Waals surface area (Å²) in [4.78, 5) is 12.0. The first-order chi connectivity index (χ1) is 9.11. The van der Waals surface area contributed by atoms with Gasteiger partial charge in [-0.3, -0.25) is 4.79 Å². The first-order valence-electron chi connectivity index (χ1n) is 6.43. The number of aryl methyl sites for hydroxylation is 1. The van der Waals surface area contributed by atoms with Gasteiger partial charge in [-0.2, -0.15) is 0 Å². The van der Waals surface area contributed by atoms with Crippen molar-refractivity contribution in [3.8, 4) is 5.75 Å². The summed E-state index contributed by atoms with van der Waals surface area (Å²) < 4.78 is 5.20. The fraction of sp³-hybridized carbons (Fsp3) is 0.500. The van der Waals surface area contributed by atoms with Crippen LogP contribution in [0.15, 0.2) is 18.2 Å². The molecule has 1 amide bonds. The maximum atomic E-state index is 12.0. The Balaban J connectivity index is 1.96. The molecular formula is C14H20N2O3. The fourth-order valence-corrected chi connectivity index (χ4v) is 2.21. The zero-order valence-electron chi connectivity index (χ0n) is 11.3. The van der Waals surface area contributed by atoms with Crippen molar-refractivity contribution in [1.82, 2.24) is 10.6 Å². The third-order valence-electron chi connectivity index (χ3n) is 3.50. The Bertz CT molecular complexity index is 462. The van der Waals surface area contributed by atoms with E-state index < -0.39 is 0 Å². The average molecular weight is 264 g/mol. The summed E-state index contributed by atoms with van der Waals surface area (Å²) in [5, 5.41) is 15.6. The van der Waals surface area contributed by atoms with Gasteiger partial charge < -0.3 is 20.5 Å². The number of hydrogen-bond donors (Lipinski definition) is 3. The number of carbonyl (C=O) groups is 1. The van der Waals surface area contributed by atoms with Crippen molar-refractivity contribution in [2.24, 2.45) is 5.92 Å². The van der Waals surface area contributed by atoms with Crippen molar-refractivity contribution in [2.45, 2.75) is 13.0 Å². The number of aliphatic hydroxyl groups is 1. The second-order valence-corrected chi connectivity index (χ2v) is 4.88. The van der Waals surface area contributed by atoms with E-state index in [9.17, 15) is 9.90 Å². The Morgan fingerprint density at radius 3 is 2.95 bits per heavy atom. The molecule has 3 N–H and O–H groups in total. The Morgan fingerprint density at radius 1 is 1.53 bits per heavy atom. The van der Waals surface area contributed by atoms with Gasteiger partial charge in [0, 0.05) is 31.1 Å². The molecule has 1 fully saturated rings. The maximum absolute atomic E-state index is 12.0. The van der Waals surface area contributed by atoms with Crippen LogP contribution in [0, 0.1) is 12.8 Å². The number of nitrogens with one attached hydrogen (secondary N) is 2. The van der Waals surface area contributed by atoms with Gasteiger partial charge in [-0.05, 0) is 24.6 Å². The Kier molecular flexibility index (Phi) is 4.39. The van der Waals surface area contributed by atoms with Crippen molar-refractivity contribution in [2.75, 3.05) is 26.7 Å². The Hall–Kier alpha value is -1.59. The molecule has 1 saturated heterocycles. The van der Waals surface area contributed by atoms with E-state index in [1.807, 2.05) is 13.0 Å². The molecule has 1 aliphatic rings. The van der Waals surface area contributed by atoms with Crippen LogP contribution in [0.2, 0.25) is 0 Å². The molecule has 2 unspecified atom stereocenters. The van der Waals surface area contributed by atoms with E-state index >= 15 is 0 Å². The van der Waals surface area contributed by atoms with Gasteiger partial charge in [-0.15, -0.1) is 0 Å². The highest BCUT2D eigenvalue weighted by Gasteiger charge is 2.25. The quantitative estimate of drug-likeness (QED) is 0.732. The molecular weight excluding hydrogens is 244 g/mol. The molecule has 0 bridgehead atoms. The molecule has 2 atom stereocenters. The number of β-amino-alcohol motifs (C(OH)–C–C–N with tert-alkyl or cyclic N) is 1. The Labute approximate surface area is 113 Å². The molecule has 5 heteroatoms. The number of amides is 1. The van der Waals surface area contributed by atoms with Crippen LogP contribution in [-0.4, -0.2) is 43.9 Å². The van der Waals surface area contributed by atoms with Crippen LogP contribution in [0.1, 0.15) is 15.9 Å². The molecule has 1 aromatic carbocycles. The van der Waals surface area contributed by atoms with E-state index in [0.29, 0.717) is 24.4 Å². The van der Waals surface area contributed by atoms with Crippen molar-refractivity contribution in [1.29, 1.82) is 0 Å². The molecule has 1 aromatic rings. The minimum atomic E-state index is -0.382. The van der Waals surface area contributed by atoms with E-state index in [1.54, 1.807) is 19.2 Å². The molecule has 0 aromatic heterocycles. The number of methoxy groups -OCH3 is 1. The summed E-state index contributed by atoms with van der Waals surface area (Å²) in [6.45, 7) is 3.74. The molecule has 19 heavy (non-hydrogen) atoms. The first-order valence-corrected chi connectivity index (χ1v) is 6.43. The lowest BCUT2D eigenvalue weighted by Crippen LogP contribution is -2.34. The van der Waals surface area contributed by atoms with E-state index in [4.69, 9.17) is 4.74 Å². The zero-order chi connectivity index (χ0) is 13.8. The standard InChI is InChI=1S/C14H20N2O3/c1-9-3-4-10(5-13(9)19-2)14(18)16-7-11-6-15-8-12(11)17/h3-5,11-12,15,17H,6-8H2,1-2H3,(H,16,18). The summed E-state index contributed by atoms with van der Waals surface area (Å²) in [5.41, 5.74) is 1.57. The van der Waals surface area contributed by atoms with Gasteiger partial charge >= 0.3 is 0 Å². The van der Waals surface area contributed by atoms with E-state index in [-0.39, 0.29) is 17.9 Å². The van der Waals surface area contributed by atoms with E-state index in [1.165, 1.54) is 0 Å². The fourth-order valence-electron chi connectivity index (χ4n) is 2.21. The highest BCUT2D eigenvalue weighted by Crippen LogP contribution is 2.19. The second kappa shape index (κ2) is 6.04. The lowest BCUT2D eigenvalue weighted by Gasteiger charge is -2.14. The van der Waals surface area contributed by atoms with Gasteiger partial charge in [0.2, 0.25) is 0 Å². The highest BCUT2D eigenvalue weighted by atomic mass is 16.5. The number of ether oxygens (including phenoxy) is 1. The van der Waals surface area contributed by atoms with Crippen LogP contribution in [0.3, 0.4) is 0 Å². The van der Waals surface area contributed by atoms with Gasteiger partial charge in [0.15, 0.2) is 0 Å². The largest absolute Gasteiger partial charge is 0.496 e. The van der Waals surface area contributed by atoms with Crippen molar-refractivity contribution in [3.63, 3.8) is 0 Å². The number of benzene rings is 1. The van der Waals surface area contributed by atoms with Gasteiger partial charge in [0.1, 0.15) is 5.75 Å². The molecule has 0 spiro atoms.